The molecule has 0 bridgehead atoms. The Bertz CT molecular complexity index is 1510. The Morgan fingerprint density at radius 1 is 1.19 bits per heavy atom. The van der Waals surface area contributed by atoms with E-state index in [-0.39, 0.29) is 24.1 Å². The van der Waals surface area contributed by atoms with Crippen LogP contribution in [0.2, 0.25) is 0 Å². The highest BCUT2D eigenvalue weighted by atomic mass is 16.5. The molecule has 2 aliphatic rings. The van der Waals surface area contributed by atoms with Crippen LogP contribution < -0.4 is 4.90 Å². The average Bonchev–Trinajstić information content (AvgIpc) is 3.52. The maximum atomic E-state index is 12.6. The first-order chi connectivity index (χ1) is 17.9. The fourth-order valence-electron chi connectivity index (χ4n) is 6.09. The first-order valence-electron chi connectivity index (χ1n) is 12.9. The van der Waals surface area contributed by atoms with E-state index in [0.29, 0.717) is 19.3 Å². The van der Waals surface area contributed by atoms with Crippen molar-refractivity contribution in [2.75, 3.05) is 12.0 Å². The molecule has 4 aromatic rings. The van der Waals surface area contributed by atoms with E-state index in [1.165, 1.54) is 7.11 Å². The number of anilines is 1. The summed E-state index contributed by atoms with van der Waals surface area (Å²) in [5, 5.41) is 9.74. The highest BCUT2D eigenvalue weighted by Gasteiger charge is 2.34. The quantitative estimate of drug-likeness (QED) is 0.417. The predicted molar refractivity (Wildman–Crippen MR) is 138 cm³/mol. The van der Waals surface area contributed by atoms with Crippen molar-refractivity contribution in [1.82, 2.24) is 24.5 Å². The first kappa shape index (κ1) is 23.4. The number of amides is 1. The van der Waals surface area contributed by atoms with E-state index in [9.17, 15) is 14.7 Å². The minimum atomic E-state index is -0.737. The number of methoxy groups -OCH3 is 1. The van der Waals surface area contributed by atoms with Gasteiger partial charge >= 0.3 is 12.1 Å². The van der Waals surface area contributed by atoms with Crippen molar-refractivity contribution >= 4 is 39.9 Å². The van der Waals surface area contributed by atoms with Gasteiger partial charge in [0.2, 0.25) is 0 Å². The van der Waals surface area contributed by atoms with Crippen LogP contribution in [0.1, 0.15) is 62.2 Å². The third kappa shape index (κ3) is 4.00. The molecule has 1 unspecified atom stereocenters. The Hall–Kier alpha value is -3.95. The number of aromatic amines is 1. The number of carboxylic acid groups (broad SMARTS) is 1. The number of ether oxygens (including phenoxy) is 1. The zero-order valence-corrected chi connectivity index (χ0v) is 21.0. The van der Waals surface area contributed by atoms with E-state index in [1.54, 1.807) is 11.1 Å². The number of aliphatic carboxylic acids is 1. The van der Waals surface area contributed by atoms with Crippen molar-refractivity contribution in [1.29, 1.82) is 0 Å². The molecule has 192 valence electrons. The van der Waals surface area contributed by atoms with E-state index in [1.807, 2.05) is 31.3 Å². The number of benzene rings is 1. The summed E-state index contributed by atoms with van der Waals surface area (Å²) in [7, 11) is 1.40. The highest BCUT2D eigenvalue weighted by molar-refractivity contribution is 5.95. The number of fused-ring (bicyclic) bond motifs is 4. The monoisotopic (exact) mass is 502 g/mol. The molecule has 2 N–H and O–H groups in total. The van der Waals surface area contributed by atoms with E-state index in [0.717, 1.165) is 70.6 Å². The van der Waals surface area contributed by atoms with Crippen LogP contribution in [0.4, 0.5) is 10.5 Å². The minimum Gasteiger partial charge on any atom is -0.481 e. The summed E-state index contributed by atoms with van der Waals surface area (Å²) >= 11 is 0. The highest BCUT2D eigenvalue weighted by Crippen LogP contribution is 2.40. The Morgan fingerprint density at radius 3 is 2.86 bits per heavy atom. The normalized spacial score (nSPS) is 21.8. The van der Waals surface area contributed by atoms with E-state index in [4.69, 9.17) is 14.7 Å². The summed E-state index contributed by atoms with van der Waals surface area (Å²) in [5.74, 6) is -0.269. The van der Waals surface area contributed by atoms with Gasteiger partial charge in [0.25, 0.3) is 0 Å². The predicted octanol–water partition coefficient (Wildman–Crippen LogP) is 4.62. The molecule has 4 heterocycles. The van der Waals surface area contributed by atoms with E-state index in [2.05, 4.69) is 14.5 Å². The maximum absolute atomic E-state index is 12.6. The number of carboxylic acids is 1. The number of carbonyl (C=O) groups excluding carboxylic acids is 1. The van der Waals surface area contributed by atoms with Gasteiger partial charge in [-0.15, -0.1) is 0 Å². The molecule has 3 atom stereocenters. The number of carbonyl (C=O) groups is 2. The second-order valence-electron chi connectivity index (χ2n) is 10.2. The summed E-state index contributed by atoms with van der Waals surface area (Å²) < 4.78 is 7.31. The van der Waals surface area contributed by atoms with Gasteiger partial charge in [-0.1, -0.05) is 6.42 Å². The molecule has 0 saturated heterocycles. The SMILES string of the molecule is COC(=O)N1c2ccc3c(nc(Cc4cnc5cc[nH]c5n4)n3[C@@H]3CCC[C@@H](C(=O)O)C3)c2CCC1C. The summed E-state index contributed by atoms with van der Waals surface area (Å²) in [5.41, 5.74) is 6.00. The lowest BCUT2D eigenvalue weighted by Crippen LogP contribution is -2.42. The zero-order valence-electron chi connectivity index (χ0n) is 21.0. The Balaban J connectivity index is 1.49. The van der Waals surface area contributed by atoms with Crippen molar-refractivity contribution in [2.24, 2.45) is 5.92 Å². The first-order valence-corrected chi connectivity index (χ1v) is 12.9. The molecule has 3 aromatic heterocycles. The number of aryl methyl sites for hydroxylation is 1. The third-order valence-corrected chi connectivity index (χ3v) is 7.91. The standard InChI is InChI=1S/C27H30N6O4/c1-15-6-7-19-21(32(15)27(36)37-2)8-9-22-24(19)31-23(13-17-14-29-20-10-11-28-25(20)30-17)33(22)18-5-3-4-16(12-18)26(34)35/h8-11,14-16,18H,3-7,12-13H2,1-2H3,(H,28,30)(H,34,35)/t15?,16-,18-/m1/s1. The molecule has 1 fully saturated rings. The zero-order chi connectivity index (χ0) is 25.7. The summed E-state index contributed by atoms with van der Waals surface area (Å²) in [6, 6.07) is 5.93. The number of hydrogen-bond donors (Lipinski definition) is 2. The van der Waals surface area contributed by atoms with Gasteiger partial charge in [-0.2, -0.15) is 0 Å². The second kappa shape index (κ2) is 9.17. The fourth-order valence-corrected chi connectivity index (χ4v) is 6.09. The Kier molecular flexibility index (Phi) is 5.81. The molecule has 10 nitrogen and oxygen atoms in total. The van der Waals surface area contributed by atoms with Gasteiger partial charge in [-0.3, -0.25) is 14.7 Å². The van der Waals surface area contributed by atoms with Gasteiger partial charge in [0.1, 0.15) is 11.3 Å². The van der Waals surface area contributed by atoms with Gasteiger partial charge in [0, 0.05) is 36.5 Å². The molecular formula is C27H30N6O4. The number of hydrogen-bond acceptors (Lipinski definition) is 6. The molecule has 1 aromatic carbocycles. The van der Waals surface area contributed by atoms with Crippen LogP contribution >= 0.6 is 0 Å². The molecule has 0 spiro atoms. The van der Waals surface area contributed by atoms with Crippen molar-refractivity contribution < 1.29 is 19.4 Å². The Morgan fingerprint density at radius 2 is 2.05 bits per heavy atom. The summed E-state index contributed by atoms with van der Waals surface area (Å²) in [4.78, 5) is 43.7. The van der Waals surface area contributed by atoms with Gasteiger partial charge in [0.05, 0.1) is 35.4 Å². The minimum absolute atomic E-state index is 0.0225. The maximum Gasteiger partial charge on any atom is 0.414 e. The number of H-pyrrole nitrogens is 1. The number of nitrogens with zero attached hydrogens (tertiary/aromatic N) is 5. The summed E-state index contributed by atoms with van der Waals surface area (Å²) in [6.07, 6.45) is 8.31. The molecule has 0 radical (unpaired) electrons. The van der Waals surface area contributed by atoms with Crippen LogP contribution in [0.3, 0.4) is 0 Å². The fraction of sp³-hybridized carbons (Fsp3) is 0.444. The van der Waals surface area contributed by atoms with Crippen LogP contribution in [0.5, 0.6) is 0 Å². The van der Waals surface area contributed by atoms with Crippen LogP contribution in [0.25, 0.3) is 22.2 Å². The van der Waals surface area contributed by atoms with Crippen molar-refractivity contribution in [3.05, 3.63) is 47.7 Å². The lowest BCUT2D eigenvalue weighted by atomic mass is 9.85. The number of rotatable bonds is 4. The van der Waals surface area contributed by atoms with Gasteiger partial charge in [-0.05, 0) is 57.2 Å². The lowest BCUT2D eigenvalue weighted by molar-refractivity contribution is -0.143. The number of aromatic nitrogens is 5. The van der Waals surface area contributed by atoms with Crippen LogP contribution in [-0.2, 0) is 22.4 Å². The molecule has 1 aliphatic heterocycles. The van der Waals surface area contributed by atoms with Crippen LogP contribution in [0.15, 0.2) is 30.6 Å². The van der Waals surface area contributed by atoms with Gasteiger partial charge in [-0.25, -0.2) is 14.8 Å². The molecule has 10 heteroatoms. The topological polar surface area (TPSA) is 126 Å². The molecule has 6 rings (SSSR count). The smallest absolute Gasteiger partial charge is 0.414 e. The Labute approximate surface area is 213 Å². The molecular weight excluding hydrogens is 472 g/mol. The van der Waals surface area contributed by atoms with Crippen molar-refractivity contribution in [2.45, 2.75) is 64.0 Å². The van der Waals surface area contributed by atoms with Gasteiger partial charge in [0.15, 0.2) is 5.65 Å². The van der Waals surface area contributed by atoms with E-state index < -0.39 is 5.97 Å². The van der Waals surface area contributed by atoms with Crippen molar-refractivity contribution in [3.63, 3.8) is 0 Å². The van der Waals surface area contributed by atoms with Crippen LogP contribution in [-0.4, -0.2) is 54.8 Å². The second-order valence-corrected chi connectivity index (χ2v) is 10.2. The molecule has 1 saturated carbocycles. The summed E-state index contributed by atoms with van der Waals surface area (Å²) in [6.45, 7) is 2.03. The van der Waals surface area contributed by atoms with E-state index >= 15 is 0 Å². The molecule has 1 aliphatic carbocycles. The number of imidazole rings is 1. The molecule has 1 amide bonds. The van der Waals surface area contributed by atoms with Gasteiger partial charge < -0.3 is 19.4 Å². The lowest BCUT2D eigenvalue weighted by Gasteiger charge is -2.34. The third-order valence-electron chi connectivity index (χ3n) is 7.91. The average molecular weight is 503 g/mol. The number of nitrogens with one attached hydrogen (secondary N) is 1. The van der Waals surface area contributed by atoms with Crippen LogP contribution in [0, 0.1) is 5.92 Å². The van der Waals surface area contributed by atoms with Crippen molar-refractivity contribution in [3.8, 4) is 0 Å². The molecule has 37 heavy (non-hydrogen) atoms. The largest absolute Gasteiger partial charge is 0.481 e.